The van der Waals surface area contributed by atoms with E-state index in [9.17, 15) is 14.4 Å². The maximum atomic E-state index is 13.9. The van der Waals surface area contributed by atoms with Gasteiger partial charge >= 0.3 is 5.97 Å². The van der Waals surface area contributed by atoms with Crippen molar-refractivity contribution >= 4 is 40.7 Å². The summed E-state index contributed by atoms with van der Waals surface area (Å²) in [4.78, 5) is 39.6. The second-order valence-electron chi connectivity index (χ2n) is 9.60. The topological polar surface area (TPSA) is 60.4 Å². The Balaban J connectivity index is 2.11. The van der Waals surface area contributed by atoms with E-state index in [1.165, 1.54) is 12.5 Å². The molecule has 0 saturated carbocycles. The van der Waals surface area contributed by atoms with Gasteiger partial charge in [-0.15, -0.1) is 0 Å². The van der Waals surface area contributed by atoms with Crippen molar-refractivity contribution in [2.24, 2.45) is 41.4 Å². The van der Waals surface area contributed by atoms with E-state index in [1.807, 2.05) is 18.2 Å². The zero-order chi connectivity index (χ0) is 23.8. The number of cyclic esters (lactones) is 1. The van der Waals surface area contributed by atoms with Gasteiger partial charge < -0.3 is 4.74 Å². The Bertz CT molecular complexity index is 898. The van der Waals surface area contributed by atoms with Gasteiger partial charge in [0.2, 0.25) is 4.33 Å². The summed E-state index contributed by atoms with van der Waals surface area (Å²) in [6, 6.07) is 0. The van der Waals surface area contributed by atoms with E-state index in [0.717, 1.165) is 6.42 Å². The number of halogens is 2. The quantitative estimate of drug-likeness (QED) is 0.195. The van der Waals surface area contributed by atoms with Gasteiger partial charge in [0.15, 0.2) is 11.6 Å². The summed E-state index contributed by atoms with van der Waals surface area (Å²) < 4.78 is 3.01. The Hall–Kier alpha value is -1.65. The van der Waals surface area contributed by atoms with Crippen molar-refractivity contribution in [1.29, 1.82) is 0 Å². The zero-order valence-electron chi connectivity index (χ0n) is 19.3. The van der Waals surface area contributed by atoms with Gasteiger partial charge in [0, 0.05) is 5.92 Å². The highest BCUT2D eigenvalue weighted by Crippen LogP contribution is 2.50. The van der Waals surface area contributed by atoms with Crippen molar-refractivity contribution < 1.29 is 19.1 Å². The first-order valence-corrected chi connectivity index (χ1v) is 12.1. The van der Waals surface area contributed by atoms with Gasteiger partial charge in [-0.25, -0.2) is 0 Å². The smallest absolute Gasteiger partial charge is 0.316 e. The lowest BCUT2D eigenvalue weighted by atomic mass is 9.58. The van der Waals surface area contributed by atoms with Crippen LogP contribution in [0.2, 0.25) is 0 Å². The molecule has 174 valence electrons. The number of hydrogen-bond donors (Lipinski definition) is 0. The van der Waals surface area contributed by atoms with Crippen molar-refractivity contribution in [2.45, 2.75) is 51.5 Å². The van der Waals surface area contributed by atoms with Crippen LogP contribution < -0.4 is 0 Å². The molecule has 0 aromatic rings. The molecule has 6 heteroatoms. The van der Waals surface area contributed by atoms with Gasteiger partial charge in [0.1, 0.15) is 12.0 Å². The fourth-order valence-electron chi connectivity index (χ4n) is 5.44. The van der Waals surface area contributed by atoms with E-state index < -0.39 is 39.8 Å². The highest BCUT2D eigenvalue weighted by molar-refractivity contribution is 6.68. The largest absolute Gasteiger partial charge is 0.458 e. The number of fused-ring (bicyclic) bond motifs is 3. The molecule has 3 aliphatic rings. The van der Waals surface area contributed by atoms with E-state index in [-0.39, 0.29) is 29.6 Å². The SMILES string of the molecule is CC1=C[C@@H](C)[C@H]2[C@@H]3C(=O)C(Cl)(Cl)C(=O)[C@H](C)C(=O)O[C@@H](C)C=CC=C[C@@H](C)[C@@H]3C=C[C@@H]2C1. The molecule has 1 heterocycles. The van der Waals surface area contributed by atoms with Crippen molar-refractivity contribution in [1.82, 2.24) is 0 Å². The summed E-state index contributed by atoms with van der Waals surface area (Å²) in [5, 5.41) is 0. The molecule has 0 amide bonds. The fourth-order valence-corrected chi connectivity index (χ4v) is 6.02. The predicted octanol–water partition coefficient (Wildman–Crippen LogP) is 5.65. The first-order valence-electron chi connectivity index (χ1n) is 11.3. The van der Waals surface area contributed by atoms with Crippen LogP contribution in [0.4, 0.5) is 0 Å². The minimum atomic E-state index is -2.32. The molecule has 4 nitrogen and oxygen atoms in total. The highest BCUT2D eigenvalue weighted by atomic mass is 35.5. The summed E-state index contributed by atoms with van der Waals surface area (Å²) in [5.41, 5.74) is 1.29. The third-order valence-corrected chi connectivity index (χ3v) is 7.85. The van der Waals surface area contributed by atoms with Gasteiger partial charge in [0.25, 0.3) is 0 Å². The fraction of sp³-hybridized carbons (Fsp3) is 0.577. The van der Waals surface area contributed by atoms with Gasteiger partial charge in [-0.05, 0) is 62.9 Å². The number of esters is 1. The molecule has 2 aliphatic carbocycles. The Morgan fingerprint density at radius 2 is 1.56 bits per heavy atom. The molecular formula is C26H32Cl2O4. The molecule has 0 spiro atoms. The molecule has 3 rings (SSSR count). The summed E-state index contributed by atoms with van der Waals surface area (Å²) in [7, 11) is 0. The van der Waals surface area contributed by atoms with E-state index in [0.29, 0.717) is 0 Å². The number of allylic oxidation sites excluding steroid dienone is 7. The normalized spacial score (nSPS) is 40.1. The molecular weight excluding hydrogens is 447 g/mol. The average molecular weight is 479 g/mol. The number of ether oxygens (including phenoxy) is 1. The average Bonchev–Trinajstić information content (AvgIpc) is 2.73. The van der Waals surface area contributed by atoms with Gasteiger partial charge in [0.05, 0.1) is 0 Å². The van der Waals surface area contributed by atoms with Gasteiger partial charge in [-0.3, -0.25) is 14.4 Å². The van der Waals surface area contributed by atoms with Crippen molar-refractivity contribution in [3.8, 4) is 0 Å². The molecule has 1 aliphatic heterocycles. The maximum absolute atomic E-state index is 13.9. The molecule has 0 bridgehead atoms. The minimum Gasteiger partial charge on any atom is -0.458 e. The molecule has 0 fully saturated rings. The third kappa shape index (κ3) is 4.82. The van der Waals surface area contributed by atoms with Crippen molar-refractivity contribution in [3.63, 3.8) is 0 Å². The molecule has 0 saturated heterocycles. The van der Waals surface area contributed by atoms with Gasteiger partial charge in [-0.2, -0.15) is 0 Å². The van der Waals surface area contributed by atoms with E-state index >= 15 is 0 Å². The molecule has 0 unspecified atom stereocenters. The first kappa shape index (κ1) is 25.0. The molecule has 0 aromatic heterocycles. The van der Waals surface area contributed by atoms with Crippen LogP contribution in [-0.4, -0.2) is 28.0 Å². The number of carbonyl (C=O) groups excluding carboxylic acids is 3. The number of carbonyl (C=O) groups is 3. The Labute approximate surface area is 200 Å². The first-order chi connectivity index (χ1) is 14.9. The van der Waals surface area contributed by atoms with E-state index in [1.54, 1.807) is 13.0 Å². The molecule has 0 N–H and O–H groups in total. The highest BCUT2D eigenvalue weighted by Gasteiger charge is 2.55. The minimum absolute atomic E-state index is 0.0162. The molecule has 32 heavy (non-hydrogen) atoms. The van der Waals surface area contributed by atoms with Crippen molar-refractivity contribution in [3.05, 3.63) is 48.1 Å². The lowest BCUT2D eigenvalue weighted by Crippen LogP contribution is -2.52. The number of Topliss-reactive ketones (excluding diaryl/α,β-unsaturated/α-hetero) is 2. The van der Waals surface area contributed by atoms with Crippen LogP contribution in [-0.2, 0) is 19.1 Å². The molecule has 0 radical (unpaired) electrons. The second kappa shape index (κ2) is 9.69. The lowest BCUT2D eigenvalue weighted by molar-refractivity contribution is -0.154. The number of rotatable bonds is 0. The summed E-state index contributed by atoms with van der Waals surface area (Å²) in [6.07, 6.45) is 14.3. The van der Waals surface area contributed by atoms with Crippen molar-refractivity contribution in [2.75, 3.05) is 0 Å². The van der Waals surface area contributed by atoms with Crippen LogP contribution in [0.3, 0.4) is 0 Å². The summed E-state index contributed by atoms with van der Waals surface area (Å²) in [5.74, 6) is -3.74. The van der Waals surface area contributed by atoms with E-state index in [4.69, 9.17) is 27.9 Å². The monoisotopic (exact) mass is 478 g/mol. The van der Waals surface area contributed by atoms with E-state index in [2.05, 4.69) is 39.0 Å². The third-order valence-electron chi connectivity index (χ3n) is 7.10. The molecule has 0 aromatic carbocycles. The Morgan fingerprint density at radius 3 is 2.25 bits per heavy atom. The summed E-state index contributed by atoms with van der Waals surface area (Å²) in [6.45, 7) is 9.35. The second-order valence-corrected chi connectivity index (χ2v) is 10.9. The van der Waals surface area contributed by atoms with Gasteiger partial charge in [-0.1, -0.05) is 79.1 Å². The van der Waals surface area contributed by atoms with Crippen LogP contribution in [0.5, 0.6) is 0 Å². The van der Waals surface area contributed by atoms with Crippen LogP contribution in [0.15, 0.2) is 48.1 Å². The van der Waals surface area contributed by atoms with Crippen LogP contribution in [0.25, 0.3) is 0 Å². The maximum Gasteiger partial charge on any atom is 0.316 e. The number of ketones is 2. The Kier molecular flexibility index (Phi) is 7.56. The van der Waals surface area contributed by atoms with Crippen LogP contribution in [0, 0.1) is 41.4 Å². The zero-order valence-corrected chi connectivity index (χ0v) is 20.8. The number of alkyl halides is 2. The van der Waals surface area contributed by atoms with Crippen LogP contribution in [0.1, 0.15) is 41.0 Å². The lowest BCUT2D eigenvalue weighted by Gasteiger charge is -2.46. The predicted molar refractivity (Wildman–Crippen MR) is 127 cm³/mol. The standard InChI is InChI=1S/C26H32Cl2O4/c1-14-12-16(3)21-19(13-14)10-11-20-15(2)8-6-7-9-17(4)32-25(31)18(5)23(29)26(27,28)24(30)22(20)21/h6-12,15-22H,13H2,1-5H3/t15-,16-,17+,18+,19-,20+,21-,22-/m1/s1. The number of hydrogen-bond acceptors (Lipinski definition) is 4. The van der Waals surface area contributed by atoms with Crippen LogP contribution >= 0.6 is 23.2 Å². The summed E-state index contributed by atoms with van der Waals surface area (Å²) >= 11 is 13.0. The molecule has 8 atom stereocenters. The Morgan fingerprint density at radius 1 is 0.906 bits per heavy atom.